The molecule has 0 radical (unpaired) electrons. The lowest BCUT2D eigenvalue weighted by molar-refractivity contribution is 0.00584. The summed E-state index contributed by atoms with van der Waals surface area (Å²) in [6, 6.07) is 18.7. The van der Waals surface area contributed by atoms with Crippen molar-refractivity contribution in [3.8, 4) is 5.75 Å². The summed E-state index contributed by atoms with van der Waals surface area (Å²) in [5, 5.41) is 2.47. The van der Waals surface area contributed by atoms with Crippen molar-refractivity contribution in [2.75, 3.05) is 45.2 Å². The number of ether oxygens (including phenoxy) is 2. The van der Waals surface area contributed by atoms with Crippen LogP contribution in [0.5, 0.6) is 5.75 Å². The second-order valence-electron chi connectivity index (χ2n) is 8.90. The van der Waals surface area contributed by atoms with Gasteiger partial charge in [0.2, 0.25) is 0 Å². The molecule has 0 spiro atoms. The number of hydrogen-bond acceptors (Lipinski definition) is 4. The van der Waals surface area contributed by atoms with Gasteiger partial charge < -0.3 is 19.7 Å². The van der Waals surface area contributed by atoms with Crippen LogP contribution in [0.1, 0.15) is 22.8 Å². The number of methoxy groups -OCH3 is 1. The quantitative estimate of drug-likeness (QED) is 0.455. The fraction of sp³-hybridized carbons (Fsp3) is 0.321. The normalized spacial score (nSPS) is 14.9. The number of carbonyl (C=O) groups is 1. The minimum atomic E-state index is -0.671. The van der Waals surface area contributed by atoms with Crippen molar-refractivity contribution in [1.29, 1.82) is 0 Å². The van der Waals surface area contributed by atoms with Crippen molar-refractivity contribution in [2.45, 2.75) is 19.6 Å². The number of carbonyl (C=O) groups excluding carboxylic acids is 1. The Bertz CT molecular complexity index is 1160. The van der Waals surface area contributed by atoms with Gasteiger partial charge in [-0.15, -0.1) is 0 Å². The van der Waals surface area contributed by atoms with E-state index in [2.05, 4.69) is 41.4 Å². The molecule has 0 aliphatic carbocycles. The summed E-state index contributed by atoms with van der Waals surface area (Å²) in [7, 11) is 1.64. The maximum atomic E-state index is 13.9. The van der Waals surface area contributed by atoms with Gasteiger partial charge in [-0.25, -0.2) is 13.6 Å². The van der Waals surface area contributed by atoms with Crippen molar-refractivity contribution >= 4 is 11.7 Å². The van der Waals surface area contributed by atoms with Crippen molar-refractivity contribution in [1.82, 2.24) is 9.80 Å². The van der Waals surface area contributed by atoms with E-state index in [1.807, 2.05) is 24.3 Å². The lowest BCUT2D eigenvalue weighted by Crippen LogP contribution is -2.50. The number of anilines is 1. The van der Waals surface area contributed by atoms with Crippen LogP contribution in [0, 0.1) is 18.6 Å². The third-order valence-corrected chi connectivity index (χ3v) is 6.29. The molecular weight excluding hydrogens is 464 g/mol. The summed E-state index contributed by atoms with van der Waals surface area (Å²) in [5.41, 5.74) is 3.15. The number of amides is 2. The molecule has 3 aromatic carbocycles. The van der Waals surface area contributed by atoms with E-state index in [-0.39, 0.29) is 11.8 Å². The summed E-state index contributed by atoms with van der Waals surface area (Å²) in [4.78, 5) is 16.5. The smallest absolute Gasteiger partial charge is 0.322 e. The molecule has 1 N–H and O–H groups in total. The first-order chi connectivity index (χ1) is 17.4. The number of halogens is 2. The van der Waals surface area contributed by atoms with Gasteiger partial charge in [0, 0.05) is 38.8 Å². The van der Waals surface area contributed by atoms with Gasteiger partial charge in [0.15, 0.2) is 0 Å². The summed E-state index contributed by atoms with van der Waals surface area (Å²) in [6.45, 7) is 5.37. The van der Waals surface area contributed by atoms with Gasteiger partial charge >= 0.3 is 6.03 Å². The molecule has 1 aliphatic heterocycles. The number of benzene rings is 3. The Labute approximate surface area is 210 Å². The van der Waals surface area contributed by atoms with Gasteiger partial charge in [0.1, 0.15) is 17.4 Å². The molecule has 36 heavy (non-hydrogen) atoms. The monoisotopic (exact) mass is 495 g/mol. The van der Waals surface area contributed by atoms with Gasteiger partial charge in [-0.3, -0.25) is 4.90 Å². The molecule has 0 aromatic heterocycles. The highest BCUT2D eigenvalue weighted by atomic mass is 19.1. The van der Waals surface area contributed by atoms with Crippen LogP contribution in [-0.4, -0.2) is 55.7 Å². The van der Waals surface area contributed by atoms with Crippen molar-refractivity contribution in [3.05, 3.63) is 95.1 Å². The lowest BCUT2D eigenvalue weighted by Gasteiger charge is -2.36. The zero-order chi connectivity index (χ0) is 25.5. The summed E-state index contributed by atoms with van der Waals surface area (Å²) in [6.07, 6.45) is -0.192. The molecule has 1 fully saturated rings. The minimum absolute atomic E-state index is 0.162. The Morgan fingerprint density at radius 1 is 1.00 bits per heavy atom. The van der Waals surface area contributed by atoms with Crippen LogP contribution >= 0.6 is 0 Å². The Kier molecular flexibility index (Phi) is 8.51. The zero-order valence-corrected chi connectivity index (χ0v) is 20.5. The lowest BCUT2D eigenvalue weighted by atomic mass is 10.1. The Hall–Kier alpha value is -3.49. The van der Waals surface area contributed by atoms with Crippen LogP contribution in [0.3, 0.4) is 0 Å². The molecule has 4 rings (SSSR count). The molecular formula is C28H31F2N3O3. The topological polar surface area (TPSA) is 54.0 Å². The number of nitrogens with zero attached hydrogens (tertiary/aromatic N) is 2. The van der Waals surface area contributed by atoms with E-state index >= 15 is 0 Å². The van der Waals surface area contributed by atoms with Crippen LogP contribution in [0.2, 0.25) is 0 Å². The predicted octanol–water partition coefficient (Wildman–Crippen LogP) is 5.39. The predicted molar refractivity (Wildman–Crippen MR) is 135 cm³/mol. The van der Waals surface area contributed by atoms with E-state index in [0.29, 0.717) is 39.3 Å². The fourth-order valence-electron chi connectivity index (χ4n) is 4.13. The number of hydrogen-bond donors (Lipinski definition) is 1. The minimum Gasteiger partial charge on any atom is -0.497 e. The molecule has 6 nitrogen and oxygen atoms in total. The highest BCUT2D eigenvalue weighted by Gasteiger charge is 2.25. The highest BCUT2D eigenvalue weighted by Crippen LogP contribution is 2.25. The van der Waals surface area contributed by atoms with E-state index < -0.39 is 17.7 Å². The molecule has 1 heterocycles. The number of aryl methyl sites for hydroxylation is 1. The van der Waals surface area contributed by atoms with Gasteiger partial charge in [-0.1, -0.05) is 42.0 Å². The third-order valence-electron chi connectivity index (χ3n) is 6.29. The van der Waals surface area contributed by atoms with Crippen LogP contribution in [0.25, 0.3) is 0 Å². The molecule has 190 valence electrons. The third kappa shape index (κ3) is 6.80. The molecule has 3 aromatic rings. The molecule has 8 heteroatoms. The molecule has 0 saturated carbocycles. The average Bonchev–Trinajstić information content (AvgIpc) is 2.90. The first kappa shape index (κ1) is 25.6. The number of urea groups is 1. The number of rotatable bonds is 8. The van der Waals surface area contributed by atoms with Crippen LogP contribution in [0.4, 0.5) is 19.3 Å². The van der Waals surface area contributed by atoms with E-state index in [4.69, 9.17) is 9.47 Å². The average molecular weight is 496 g/mol. The van der Waals surface area contributed by atoms with Crippen LogP contribution in [-0.2, 0) is 11.3 Å². The van der Waals surface area contributed by atoms with Gasteiger partial charge in [0.25, 0.3) is 0 Å². The molecule has 1 aliphatic rings. The summed E-state index contributed by atoms with van der Waals surface area (Å²) < 4.78 is 39.1. The van der Waals surface area contributed by atoms with Crippen molar-refractivity contribution in [2.24, 2.45) is 0 Å². The molecule has 1 atom stereocenters. The maximum absolute atomic E-state index is 13.9. The van der Waals surface area contributed by atoms with E-state index in [9.17, 15) is 13.6 Å². The Morgan fingerprint density at radius 2 is 1.75 bits per heavy atom. The largest absolute Gasteiger partial charge is 0.497 e. The molecule has 0 bridgehead atoms. The fourth-order valence-corrected chi connectivity index (χ4v) is 4.13. The van der Waals surface area contributed by atoms with E-state index in [0.717, 1.165) is 35.1 Å². The maximum Gasteiger partial charge on any atom is 0.322 e. The van der Waals surface area contributed by atoms with Crippen molar-refractivity contribution in [3.63, 3.8) is 0 Å². The molecule has 1 saturated heterocycles. The highest BCUT2D eigenvalue weighted by molar-refractivity contribution is 5.89. The van der Waals surface area contributed by atoms with Gasteiger partial charge in [-0.05, 0) is 42.3 Å². The second-order valence-corrected chi connectivity index (χ2v) is 8.90. The Morgan fingerprint density at radius 3 is 2.47 bits per heavy atom. The summed E-state index contributed by atoms with van der Waals surface area (Å²) >= 11 is 0. The van der Waals surface area contributed by atoms with E-state index in [1.165, 1.54) is 5.56 Å². The number of nitrogens with one attached hydrogen (secondary N) is 1. The first-order valence-electron chi connectivity index (χ1n) is 12.0. The zero-order valence-electron chi connectivity index (χ0n) is 20.5. The van der Waals surface area contributed by atoms with E-state index in [1.54, 1.807) is 12.0 Å². The standard InChI is InChI=1S/C28H31F2N3O3/c1-20-6-8-21(9-7-20)19-36-27(22-4-3-5-24(16-22)35-2)18-32-12-14-33(15-13-32)28(34)31-26-17-23(29)10-11-25(26)30/h3-11,16-17,27H,12-15,18-19H2,1-2H3,(H,31,34). The van der Waals surface area contributed by atoms with Gasteiger partial charge in [-0.2, -0.15) is 0 Å². The number of piperazine rings is 1. The second kappa shape index (κ2) is 12.0. The van der Waals surface area contributed by atoms with Crippen LogP contribution in [0.15, 0.2) is 66.7 Å². The Balaban J connectivity index is 1.37. The van der Waals surface area contributed by atoms with Crippen molar-refractivity contribution < 1.29 is 23.0 Å². The summed E-state index contributed by atoms with van der Waals surface area (Å²) in [5.74, 6) is -0.511. The molecule has 1 unspecified atom stereocenters. The van der Waals surface area contributed by atoms with Gasteiger partial charge in [0.05, 0.1) is 25.5 Å². The first-order valence-corrected chi connectivity index (χ1v) is 12.0. The SMILES string of the molecule is COc1cccc(C(CN2CCN(C(=O)Nc3cc(F)ccc3F)CC2)OCc2ccc(C)cc2)c1. The van der Waals surface area contributed by atoms with Crippen LogP contribution < -0.4 is 10.1 Å². The molecule has 2 amide bonds.